The molecule has 0 saturated heterocycles. The fraction of sp³-hybridized carbons (Fsp3) is 0.227. The summed E-state index contributed by atoms with van der Waals surface area (Å²) in [5.41, 5.74) is 0.206. The zero-order valence-electron chi connectivity index (χ0n) is 18.9. The molecule has 1 aromatic carbocycles. The van der Waals surface area contributed by atoms with Crippen molar-refractivity contribution >= 4 is 41.0 Å². The van der Waals surface area contributed by atoms with Crippen molar-refractivity contribution in [1.29, 1.82) is 0 Å². The number of nitrogens with zero attached hydrogens (tertiary/aromatic N) is 3. The Hall–Kier alpha value is -4.81. The Bertz CT molecular complexity index is 1070. The highest BCUT2D eigenvalue weighted by atomic mass is 16.6. The first kappa shape index (κ1) is 28.2. The van der Waals surface area contributed by atoms with Crippen LogP contribution in [0.1, 0.15) is 23.7 Å². The van der Waals surface area contributed by atoms with E-state index in [1.54, 1.807) is 32.2 Å². The summed E-state index contributed by atoms with van der Waals surface area (Å²) in [5, 5.41) is 29.6. The Morgan fingerprint density at radius 2 is 1.80 bits per heavy atom. The van der Waals surface area contributed by atoms with Gasteiger partial charge in [0.25, 0.3) is 11.6 Å². The van der Waals surface area contributed by atoms with Crippen LogP contribution in [-0.2, 0) is 19.1 Å². The van der Waals surface area contributed by atoms with Crippen LogP contribution in [0.2, 0.25) is 0 Å². The van der Waals surface area contributed by atoms with Crippen molar-refractivity contribution in [3.8, 4) is 0 Å². The van der Waals surface area contributed by atoms with E-state index in [-0.39, 0.29) is 30.8 Å². The minimum atomic E-state index is -1.26. The summed E-state index contributed by atoms with van der Waals surface area (Å²) < 4.78 is 4.90. The summed E-state index contributed by atoms with van der Waals surface area (Å²) in [6.45, 7) is 1.98. The Labute approximate surface area is 199 Å². The third-order valence-electron chi connectivity index (χ3n) is 4.10. The number of ether oxygens (including phenoxy) is 1. The summed E-state index contributed by atoms with van der Waals surface area (Å²) in [7, 11) is 1.56. The van der Waals surface area contributed by atoms with Gasteiger partial charge in [-0.1, -0.05) is 6.07 Å². The molecule has 1 heterocycles. The van der Waals surface area contributed by atoms with Gasteiger partial charge in [-0.2, -0.15) is 0 Å². The standard InChI is InChI=1S/C18H20N4O5.C4H4O4/c1-3-27-17(23)9-11-21(16-6-4-5-10-20-16)18(24)13-7-8-14(19-2)15(12-13)22(25)26;5-3(6)1-2-4(7)8/h4-8,10,12,19H,3,9,11H2,1-2H3;1-2H,(H,5,6)(H,7,8)/b;2-1-. The van der Waals surface area contributed by atoms with Crippen LogP contribution in [-0.4, -0.2) is 64.1 Å². The lowest BCUT2D eigenvalue weighted by atomic mass is 10.1. The van der Waals surface area contributed by atoms with Crippen LogP contribution < -0.4 is 10.2 Å². The lowest BCUT2D eigenvalue weighted by Gasteiger charge is -2.21. The number of rotatable bonds is 10. The average Bonchev–Trinajstić information content (AvgIpc) is 2.83. The summed E-state index contributed by atoms with van der Waals surface area (Å²) >= 11 is 0. The van der Waals surface area contributed by atoms with Crippen molar-refractivity contribution in [3.63, 3.8) is 0 Å². The molecule has 0 unspecified atom stereocenters. The molecule has 13 heteroatoms. The van der Waals surface area contributed by atoms with Crippen LogP contribution in [0.5, 0.6) is 0 Å². The number of amides is 1. The Morgan fingerprint density at radius 3 is 2.29 bits per heavy atom. The SMILES string of the molecule is CCOC(=O)CCN(C(=O)c1ccc(NC)c([N+](=O)[O-])c1)c1ccccn1.O=C(O)/C=C\C(=O)O. The number of carboxylic acids is 2. The third-order valence-corrected chi connectivity index (χ3v) is 4.10. The van der Waals surface area contributed by atoms with Crippen LogP contribution in [0.25, 0.3) is 0 Å². The second-order valence-corrected chi connectivity index (χ2v) is 6.45. The van der Waals surface area contributed by atoms with E-state index in [1.165, 1.54) is 29.3 Å². The predicted molar refractivity (Wildman–Crippen MR) is 124 cm³/mol. The Kier molecular flexibility index (Phi) is 11.6. The van der Waals surface area contributed by atoms with Crippen molar-refractivity contribution in [2.24, 2.45) is 0 Å². The van der Waals surface area contributed by atoms with Crippen molar-refractivity contribution in [2.75, 3.05) is 30.4 Å². The van der Waals surface area contributed by atoms with Crippen LogP contribution in [0.15, 0.2) is 54.7 Å². The number of pyridine rings is 1. The van der Waals surface area contributed by atoms with Crippen molar-refractivity contribution in [3.05, 3.63) is 70.4 Å². The molecular formula is C22H24N4O9. The quantitative estimate of drug-likeness (QED) is 0.193. The smallest absolute Gasteiger partial charge is 0.328 e. The van der Waals surface area contributed by atoms with E-state index in [0.29, 0.717) is 23.7 Å². The van der Waals surface area contributed by atoms with Gasteiger partial charge in [-0.05, 0) is 31.2 Å². The highest BCUT2D eigenvalue weighted by Crippen LogP contribution is 2.26. The fourth-order valence-electron chi connectivity index (χ4n) is 2.60. The molecule has 13 nitrogen and oxygen atoms in total. The molecule has 1 aromatic heterocycles. The van der Waals surface area contributed by atoms with Crippen molar-refractivity contribution in [2.45, 2.75) is 13.3 Å². The molecule has 1 amide bonds. The largest absolute Gasteiger partial charge is 0.478 e. The maximum atomic E-state index is 13.0. The lowest BCUT2D eigenvalue weighted by molar-refractivity contribution is -0.384. The molecule has 35 heavy (non-hydrogen) atoms. The van der Waals surface area contributed by atoms with Gasteiger partial charge in [-0.3, -0.25) is 24.6 Å². The van der Waals surface area contributed by atoms with Gasteiger partial charge in [-0.25, -0.2) is 14.6 Å². The minimum absolute atomic E-state index is 0.0210. The van der Waals surface area contributed by atoms with Gasteiger partial charge in [0.05, 0.1) is 18.0 Å². The summed E-state index contributed by atoms with van der Waals surface area (Å²) in [4.78, 5) is 59.9. The van der Waals surface area contributed by atoms with Gasteiger partial charge in [0.2, 0.25) is 0 Å². The monoisotopic (exact) mass is 488 g/mol. The van der Waals surface area contributed by atoms with E-state index in [1.807, 2.05) is 0 Å². The maximum absolute atomic E-state index is 13.0. The second kappa shape index (κ2) is 14.4. The number of nitrogens with one attached hydrogen (secondary N) is 1. The highest BCUT2D eigenvalue weighted by Gasteiger charge is 2.23. The molecule has 2 aromatic rings. The van der Waals surface area contributed by atoms with E-state index in [4.69, 9.17) is 14.9 Å². The van der Waals surface area contributed by atoms with E-state index in [9.17, 15) is 29.3 Å². The number of aromatic nitrogens is 1. The molecule has 0 spiro atoms. The van der Waals surface area contributed by atoms with E-state index in [0.717, 1.165) is 0 Å². The van der Waals surface area contributed by atoms with Gasteiger partial charge in [-0.15, -0.1) is 0 Å². The topological polar surface area (TPSA) is 189 Å². The highest BCUT2D eigenvalue weighted by molar-refractivity contribution is 6.06. The second-order valence-electron chi connectivity index (χ2n) is 6.45. The number of hydrogen-bond donors (Lipinski definition) is 3. The Balaban J connectivity index is 0.000000658. The number of carboxylic acid groups (broad SMARTS) is 2. The van der Waals surface area contributed by atoms with Gasteiger partial charge in [0.15, 0.2) is 0 Å². The molecule has 3 N–H and O–H groups in total. The first-order valence-electron chi connectivity index (χ1n) is 10.1. The number of benzene rings is 1. The zero-order valence-corrected chi connectivity index (χ0v) is 18.9. The van der Waals surface area contributed by atoms with Crippen LogP contribution >= 0.6 is 0 Å². The first-order chi connectivity index (χ1) is 16.6. The molecule has 0 saturated carbocycles. The minimum Gasteiger partial charge on any atom is -0.478 e. The molecule has 0 radical (unpaired) electrons. The average molecular weight is 488 g/mol. The molecule has 0 aliphatic carbocycles. The number of anilines is 2. The molecule has 0 bridgehead atoms. The summed E-state index contributed by atoms with van der Waals surface area (Å²) in [5.74, 6) is -3.11. The maximum Gasteiger partial charge on any atom is 0.328 e. The lowest BCUT2D eigenvalue weighted by Crippen LogP contribution is -2.34. The Morgan fingerprint density at radius 1 is 1.14 bits per heavy atom. The van der Waals surface area contributed by atoms with Crippen molar-refractivity contribution < 1.29 is 39.1 Å². The molecule has 2 rings (SSSR count). The van der Waals surface area contributed by atoms with Gasteiger partial charge >= 0.3 is 17.9 Å². The fourth-order valence-corrected chi connectivity index (χ4v) is 2.60. The van der Waals surface area contributed by atoms with Crippen molar-refractivity contribution in [1.82, 2.24) is 4.98 Å². The number of esters is 1. The number of hydrogen-bond acceptors (Lipinski definition) is 9. The number of carbonyl (C=O) groups is 4. The molecular weight excluding hydrogens is 464 g/mol. The van der Waals surface area contributed by atoms with Crippen LogP contribution in [0.4, 0.5) is 17.2 Å². The molecule has 0 aliphatic heterocycles. The number of carbonyl (C=O) groups excluding carboxylic acids is 2. The zero-order chi connectivity index (χ0) is 26.4. The van der Waals surface area contributed by atoms with Gasteiger partial charge in [0, 0.05) is 43.6 Å². The van der Waals surface area contributed by atoms with E-state index < -0.39 is 28.7 Å². The predicted octanol–water partition coefficient (Wildman–Crippen LogP) is 2.34. The molecule has 0 fully saturated rings. The molecule has 186 valence electrons. The number of nitro benzene ring substituents is 1. The first-order valence-corrected chi connectivity index (χ1v) is 10.1. The van der Waals surface area contributed by atoms with E-state index in [2.05, 4.69) is 10.3 Å². The van der Waals surface area contributed by atoms with E-state index >= 15 is 0 Å². The molecule has 0 atom stereocenters. The van der Waals surface area contributed by atoms with Crippen LogP contribution in [0.3, 0.4) is 0 Å². The van der Waals surface area contributed by atoms with Gasteiger partial charge in [0.1, 0.15) is 11.5 Å². The van der Waals surface area contributed by atoms with Gasteiger partial charge < -0.3 is 20.3 Å². The summed E-state index contributed by atoms with van der Waals surface area (Å²) in [6.07, 6.45) is 2.62. The summed E-state index contributed by atoms with van der Waals surface area (Å²) in [6, 6.07) is 9.19. The third kappa shape index (κ3) is 9.69. The van der Waals surface area contributed by atoms with Crippen LogP contribution in [0, 0.1) is 10.1 Å². The number of aliphatic carboxylic acids is 2. The normalized spacial score (nSPS) is 10.0. The molecule has 0 aliphatic rings. The number of nitro groups is 1.